The summed E-state index contributed by atoms with van der Waals surface area (Å²) in [6.45, 7) is 0.676. The summed E-state index contributed by atoms with van der Waals surface area (Å²) in [6.07, 6.45) is 10.9. The Labute approximate surface area is 130 Å². The summed E-state index contributed by atoms with van der Waals surface area (Å²) in [6, 6.07) is 12.1. The molecule has 0 radical (unpaired) electrons. The fraction of sp³-hybridized carbons (Fsp3) is 0.158. The average Bonchev–Trinajstić information content (AvgIpc) is 2.61. The normalized spacial score (nSPS) is 15.7. The van der Waals surface area contributed by atoms with E-state index in [4.69, 9.17) is 4.74 Å². The molecule has 0 N–H and O–H groups in total. The maximum absolute atomic E-state index is 5.27. The van der Waals surface area contributed by atoms with Gasteiger partial charge in [0, 0.05) is 24.5 Å². The lowest BCUT2D eigenvalue weighted by molar-refractivity contribution is 0.414. The average molecular weight is 290 g/mol. The molecule has 3 nitrogen and oxygen atoms in total. The molecule has 110 valence electrons. The van der Waals surface area contributed by atoms with Crippen molar-refractivity contribution >= 4 is 11.3 Å². The first-order chi connectivity index (χ1) is 10.8. The van der Waals surface area contributed by atoms with E-state index in [2.05, 4.69) is 34.3 Å². The monoisotopic (exact) mass is 290 g/mol. The van der Waals surface area contributed by atoms with Crippen molar-refractivity contribution in [2.45, 2.75) is 13.0 Å². The number of pyridine rings is 1. The Bertz CT molecular complexity index is 730. The van der Waals surface area contributed by atoms with Gasteiger partial charge < -0.3 is 4.74 Å². The molecule has 1 heterocycles. The van der Waals surface area contributed by atoms with Crippen LogP contribution in [0.3, 0.4) is 0 Å². The summed E-state index contributed by atoms with van der Waals surface area (Å²) in [7, 11) is 1.69. The highest BCUT2D eigenvalue weighted by molar-refractivity contribution is 6.01. The van der Waals surface area contributed by atoms with Gasteiger partial charge in [-0.05, 0) is 41.0 Å². The van der Waals surface area contributed by atoms with E-state index in [1.54, 1.807) is 13.3 Å². The van der Waals surface area contributed by atoms with E-state index in [9.17, 15) is 0 Å². The zero-order valence-electron chi connectivity index (χ0n) is 12.6. The highest BCUT2D eigenvalue weighted by Gasteiger charge is 2.05. The van der Waals surface area contributed by atoms with E-state index in [1.807, 2.05) is 36.5 Å². The Hall–Kier alpha value is -2.68. The number of ether oxygens (including phenoxy) is 1. The van der Waals surface area contributed by atoms with Crippen LogP contribution in [0.15, 0.2) is 72.0 Å². The van der Waals surface area contributed by atoms with Gasteiger partial charge in [0.25, 0.3) is 0 Å². The van der Waals surface area contributed by atoms with Crippen LogP contribution in [0, 0.1) is 0 Å². The molecule has 0 atom stereocenters. The molecular formula is C19H18N2O. The zero-order chi connectivity index (χ0) is 15.2. The van der Waals surface area contributed by atoms with Gasteiger partial charge in [0.1, 0.15) is 5.75 Å². The predicted octanol–water partition coefficient (Wildman–Crippen LogP) is 4.07. The molecule has 0 amide bonds. The Kier molecular flexibility index (Phi) is 4.44. The third-order valence-corrected chi connectivity index (χ3v) is 3.58. The first-order valence-corrected chi connectivity index (χ1v) is 7.30. The van der Waals surface area contributed by atoms with Crippen LogP contribution < -0.4 is 4.74 Å². The quantitative estimate of drug-likeness (QED) is 0.850. The number of aliphatic imine (C=N–C) groups is 1. The van der Waals surface area contributed by atoms with Crippen molar-refractivity contribution in [3.8, 4) is 5.75 Å². The Morgan fingerprint density at radius 3 is 2.86 bits per heavy atom. The van der Waals surface area contributed by atoms with Crippen molar-refractivity contribution in [3.05, 3.63) is 78.1 Å². The zero-order valence-corrected chi connectivity index (χ0v) is 12.6. The second kappa shape index (κ2) is 6.85. The topological polar surface area (TPSA) is 34.5 Å². The summed E-state index contributed by atoms with van der Waals surface area (Å²) in [5.74, 6) is 0.878. The maximum Gasteiger partial charge on any atom is 0.119 e. The van der Waals surface area contributed by atoms with E-state index in [-0.39, 0.29) is 0 Å². The van der Waals surface area contributed by atoms with Gasteiger partial charge in [-0.15, -0.1) is 0 Å². The second-order valence-corrected chi connectivity index (χ2v) is 5.10. The highest BCUT2D eigenvalue weighted by atomic mass is 16.5. The third-order valence-electron chi connectivity index (χ3n) is 3.58. The molecule has 2 aromatic rings. The smallest absolute Gasteiger partial charge is 0.119 e. The Balaban J connectivity index is 1.68. The molecule has 1 aliphatic rings. The molecule has 1 aromatic heterocycles. The molecular weight excluding hydrogens is 272 g/mol. The minimum absolute atomic E-state index is 0.676. The molecule has 0 fully saturated rings. The number of allylic oxidation sites excluding steroid dienone is 4. The summed E-state index contributed by atoms with van der Waals surface area (Å²) >= 11 is 0. The lowest BCUT2D eigenvalue weighted by Crippen LogP contribution is -1.99. The number of rotatable bonds is 4. The molecule has 0 aliphatic heterocycles. The molecule has 3 rings (SSSR count). The summed E-state index contributed by atoms with van der Waals surface area (Å²) in [5.41, 5.74) is 4.60. The molecule has 1 aromatic carbocycles. The van der Waals surface area contributed by atoms with Crippen molar-refractivity contribution in [2.75, 3.05) is 7.11 Å². The molecule has 0 saturated carbocycles. The number of hydrogen-bond donors (Lipinski definition) is 0. The van der Waals surface area contributed by atoms with Crippen molar-refractivity contribution < 1.29 is 4.74 Å². The van der Waals surface area contributed by atoms with Crippen LogP contribution in [0.1, 0.15) is 17.5 Å². The van der Waals surface area contributed by atoms with Gasteiger partial charge in [-0.3, -0.25) is 9.98 Å². The lowest BCUT2D eigenvalue weighted by Gasteiger charge is -2.10. The standard InChI is InChI=1S/C19H18N2O/c1-22-19-6-2-5-17(12-19)16-7-9-18(10-8-16)21-14-15-4-3-11-20-13-15/h2-9,11-13H,10,14H2,1H3. The van der Waals surface area contributed by atoms with E-state index in [0.29, 0.717) is 6.54 Å². The van der Waals surface area contributed by atoms with Crippen molar-refractivity contribution in [1.82, 2.24) is 4.98 Å². The van der Waals surface area contributed by atoms with Crippen molar-refractivity contribution in [1.29, 1.82) is 0 Å². The van der Waals surface area contributed by atoms with Crippen LogP contribution in [0.5, 0.6) is 5.75 Å². The summed E-state index contributed by atoms with van der Waals surface area (Å²) in [4.78, 5) is 8.74. The van der Waals surface area contributed by atoms with Gasteiger partial charge in [0.15, 0.2) is 0 Å². The molecule has 0 bridgehead atoms. The van der Waals surface area contributed by atoms with Crippen molar-refractivity contribution in [2.24, 2.45) is 4.99 Å². The minimum Gasteiger partial charge on any atom is -0.497 e. The number of nitrogens with zero attached hydrogens (tertiary/aromatic N) is 2. The Morgan fingerprint density at radius 1 is 1.18 bits per heavy atom. The van der Waals surface area contributed by atoms with Crippen LogP contribution in [0.25, 0.3) is 5.57 Å². The van der Waals surface area contributed by atoms with E-state index in [1.165, 1.54) is 11.1 Å². The number of aromatic nitrogens is 1. The minimum atomic E-state index is 0.676. The summed E-state index contributed by atoms with van der Waals surface area (Å²) < 4.78 is 5.27. The Morgan fingerprint density at radius 2 is 2.14 bits per heavy atom. The van der Waals surface area contributed by atoms with Crippen LogP contribution >= 0.6 is 0 Å². The molecule has 1 aliphatic carbocycles. The highest BCUT2D eigenvalue weighted by Crippen LogP contribution is 2.24. The fourth-order valence-electron chi connectivity index (χ4n) is 2.36. The van der Waals surface area contributed by atoms with Gasteiger partial charge in [0.05, 0.1) is 13.7 Å². The van der Waals surface area contributed by atoms with Gasteiger partial charge in [-0.1, -0.05) is 30.4 Å². The van der Waals surface area contributed by atoms with E-state index >= 15 is 0 Å². The van der Waals surface area contributed by atoms with Crippen LogP contribution in [-0.4, -0.2) is 17.8 Å². The van der Waals surface area contributed by atoms with Gasteiger partial charge in [-0.2, -0.15) is 0 Å². The molecule has 0 unspecified atom stereocenters. The molecule has 3 heteroatoms. The van der Waals surface area contributed by atoms with Crippen LogP contribution in [0.4, 0.5) is 0 Å². The molecule has 22 heavy (non-hydrogen) atoms. The predicted molar refractivity (Wildman–Crippen MR) is 90.1 cm³/mol. The van der Waals surface area contributed by atoms with Crippen LogP contribution in [0.2, 0.25) is 0 Å². The number of hydrogen-bond acceptors (Lipinski definition) is 3. The lowest BCUT2D eigenvalue weighted by atomic mass is 9.98. The first-order valence-electron chi connectivity index (χ1n) is 7.30. The van der Waals surface area contributed by atoms with Gasteiger partial charge >= 0.3 is 0 Å². The molecule has 0 saturated heterocycles. The van der Waals surface area contributed by atoms with Crippen molar-refractivity contribution in [3.63, 3.8) is 0 Å². The maximum atomic E-state index is 5.27. The SMILES string of the molecule is COc1cccc(C2=CCC(=NCc3cccnc3)C=C2)c1. The van der Waals surface area contributed by atoms with Gasteiger partial charge in [-0.25, -0.2) is 0 Å². The third kappa shape index (κ3) is 3.50. The fourth-order valence-corrected chi connectivity index (χ4v) is 2.36. The first kappa shape index (κ1) is 14.3. The largest absolute Gasteiger partial charge is 0.497 e. The summed E-state index contributed by atoms with van der Waals surface area (Å²) in [5, 5.41) is 0. The number of methoxy groups -OCH3 is 1. The second-order valence-electron chi connectivity index (χ2n) is 5.10. The molecule has 0 spiro atoms. The van der Waals surface area contributed by atoms with Gasteiger partial charge in [0.2, 0.25) is 0 Å². The van der Waals surface area contributed by atoms with E-state index in [0.717, 1.165) is 23.4 Å². The van der Waals surface area contributed by atoms with Crippen LogP contribution in [-0.2, 0) is 6.54 Å². The number of benzene rings is 1. The van der Waals surface area contributed by atoms with E-state index < -0.39 is 0 Å².